The molecule has 1 aliphatic rings. The number of aliphatic hydroxyl groups excluding tert-OH is 1. The second-order valence-electron chi connectivity index (χ2n) is 6.03. The van der Waals surface area contributed by atoms with Crippen LogP contribution < -0.4 is 10.0 Å². The van der Waals surface area contributed by atoms with Gasteiger partial charge in [-0.25, -0.2) is 21.2 Å². The summed E-state index contributed by atoms with van der Waals surface area (Å²) in [7, 11) is -7.11. The lowest BCUT2D eigenvalue weighted by Crippen LogP contribution is -2.31. The Labute approximate surface area is 150 Å². The van der Waals surface area contributed by atoms with Crippen LogP contribution in [0.4, 0.5) is 15.8 Å². The van der Waals surface area contributed by atoms with E-state index in [1.807, 2.05) is 0 Å². The lowest BCUT2D eigenvalue weighted by molar-refractivity contribution is 0.190. The molecule has 1 fully saturated rings. The van der Waals surface area contributed by atoms with Gasteiger partial charge >= 0.3 is 0 Å². The number of nitrogens with one attached hydrogen (secondary N) is 2. The second kappa shape index (κ2) is 6.86. The number of rotatable bonds is 5. The molecule has 2 aromatic rings. The van der Waals surface area contributed by atoms with Gasteiger partial charge in [0.05, 0.1) is 28.5 Å². The number of benzene rings is 2. The molecule has 0 spiro atoms. The molecule has 0 aliphatic carbocycles. The maximum absolute atomic E-state index is 12.9. The Morgan fingerprint density at radius 1 is 0.962 bits per heavy atom. The third kappa shape index (κ3) is 4.32. The Kier molecular flexibility index (Phi) is 4.91. The Balaban J connectivity index is 1.69. The summed E-state index contributed by atoms with van der Waals surface area (Å²) >= 11 is 0. The third-order valence-corrected chi connectivity index (χ3v) is 7.05. The van der Waals surface area contributed by atoms with E-state index in [0.29, 0.717) is 11.4 Å². The van der Waals surface area contributed by atoms with Gasteiger partial charge in [0.15, 0.2) is 9.84 Å². The van der Waals surface area contributed by atoms with E-state index in [0.717, 1.165) is 24.3 Å². The van der Waals surface area contributed by atoms with E-state index in [9.17, 15) is 26.3 Å². The number of halogens is 1. The molecule has 10 heteroatoms. The average molecular weight is 400 g/mol. The van der Waals surface area contributed by atoms with Gasteiger partial charge in [0.25, 0.3) is 10.0 Å². The maximum Gasteiger partial charge on any atom is 0.261 e. The van der Waals surface area contributed by atoms with Crippen molar-refractivity contribution >= 4 is 31.2 Å². The smallest absolute Gasteiger partial charge is 0.261 e. The van der Waals surface area contributed by atoms with Gasteiger partial charge in [-0.3, -0.25) is 4.72 Å². The zero-order valence-corrected chi connectivity index (χ0v) is 15.1. The first-order valence-corrected chi connectivity index (χ1v) is 11.0. The van der Waals surface area contributed by atoms with E-state index < -0.39 is 37.8 Å². The van der Waals surface area contributed by atoms with Crippen molar-refractivity contribution < 1.29 is 26.3 Å². The zero-order chi connectivity index (χ0) is 18.9. The van der Waals surface area contributed by atoms with Crippen LogP contribution >= 0.6 is 0 Å². The molecule has 1 aliphatic heterocycles. The lowest BCUT2D eigenvalue weighted by Gasteiger charge is -2.16. The highest BCUT2D eigenvalue weighted by molar-refractivity contribution is 7.92. The maximum atomic E-state index is 12.9. The van der Waals surface area contributed by atoms with Gasteiger partial charge in [0, 0.05) is 11.4 Å². The molecule has 0 bridgehead atoms. The standard InChI is InChI=1S/C16H17FN2O5S2/c17-11-1-7-14(8-2-11)26(23,24)19-13-5-3-12(4-6-13)18-15-9-25(21,22)10-16(15)20/h1-8,15-16,18-20H,9-10H2/t15-,16-/m0/s1. The minimum absolute atomic E-state index is 0.0691. The number of sulfonamides is 1. The summed E-state index contributed by atoms with van der Waals surface area (Å²) in [5.41, 5.74) is 0.843. The number of sulfone groups is 1. The highest BCUT2D eigenvalue weighted by atomic mass is 32.2. The molecule has 2 aromatic carbocycles. The predicted molar refractivity (Wildman–Crippen MR) is 95.7 cm³/mol. The number of hydrogen-bond donors (Lipinski definition) is 3. The molecule has 3 N–H and O–H groups in total. The van der Waals surface area contributed by atoms with Crippen molar-refractivity contribution in [2.75, 3.05) is 21.5 Å². The molecular weight excluding hydrogens is 383 g/mol. The van der Waals surface area contributed by atoms with E-state index in [-0.39, 0.29) is 16.4 Å². The van der Waals surface area contributed by atoms with Gasteiger partial charge in [0.2, 0.25) is 0 Å². The van der Waals surface area contributed by atoms with Gasteiger partial charge in [0.1, 0.15) is 5.82 Å². The largest absolute Gasteiger partial charge is 0.390 e. The van der Waals surface area contributed by atoms with Crippen LogP contribution in [-0.2, 0) is 19.9 Å². The molecule has 140 valence electrons. The molecule has 0 radical (unpaired) electrons. The Morgan fingerprint density at radius 2 is 1.54 bits per heavy atom. The topological polar surface area (TPSA) is 113 Å². The molecule has 0 unspecified atom stereocenters. The fourth-order valence-electron chi connectivity index (χ4n) is 2.64. The summed E-state index contributed by atoms with van der Waals surface area (Å²) in [6, 6.07) is 9.97. The minimum atomic E-state index is -3.85. The van der Waals surface area contributed by atoms with Crippen molar-refractivity contribution in [3.63, 3.8) is 0 Å². The van der Waals surface area contributed by atoms with Crippen LogP contribution in [0.25, 0.3) is 0 Å². The Hall–Kier alpha value is -2.17. The highest BCUT2D eigenvalue weighted by Crippen LogP contribution is 2.21. The third-order valence-electron chi connectivity index (χ3n) is 3.94. The summed E-state index contributed by atoms with van der Waals surface area (Å²) in [6.07, 6.45) is -0.989. The Morgan fingerprint density at radius 3 is 2.08 bits per heavy atom. The van der Waals surface area contributed by atoms with E-state index in [1.54, 1.807) is 12.1 Å². The fourth-order valence-corrected chi connectivity index (χ4v) is 5.44. The van der Waals surface area contributed by atoms with Crippen molar-refractivity contribution in [1.29, 1.82) is 0 Å². The zero-order valence-electron chi connectivity index (χ0n) is 13.5. The molecule has 26 heavy (non-hydrogen) atoms. The molecule has 1 saturated heterocycles. The van der Waals surface area contributed by atoms with Crippen LogP contribution in [0.15, 0.2) is 53.4 Å². The van der Waals surface area contributed by atoms with Gasteiger partial charge in [-0.1, -0.05) is 0 Å². The van der Waals surface area contributed by atoms with Gasteiger partial charge in [-0.15, -0.1) is 0 Å². The summed E-state index contributed by atoms with van der Waals surface area (Å²) in [5, 5.41) is 12.7. The number of aliphatic hydroxyl groups is 1. The average Bonchev–Trinajstić information content (AvgIpc) is 2.81. The predicted octanol–water partition coefficient (Wildman–Crippen LogP) is 1.20. The first kappa shape index (κ1) is 18.6. The summed E-state index contributed by atoms with van der Waals surface area (Å²) in [6.45, 7) is 0. The van der Waals surface area contributed by atoms with Gasteiger partial charge in [-0.05, 0) is 48.5 Å². The molecule has 0 amide bonds. The number of anilines is 2. The lowest BCUT2D eigenvalue weighted by atomic mass is 10.2. The second-order valence-corrected chi connectivity index (χ2v) is 9.87. The normalized spacial score (nSPS) is 22.1. The summed E-state index contributed by atoms with van der Waals surface area (Å²) in [5.74, 6) is -0.969. The highest BCUT2D eigenvalue weighted by Gasteiger charge is 2.36. The van der Waals surface area contributed by atoms with Crippen LogP contribution in [0.1, 0.15) is 0 Å². The minimum Gasteiger partial charge on any atom is -0.390 e. The fraction of sp³-hybridized carbons (Fsp3) is 0.250. The van der Waals surface area contributed by atoms with Crippen LogP contribution in [-0.4, -0.2) is 45.6 Å². The van der Waals surface area contributed by atoms with E-state index in [1.165, 1.54) is 12.1 Å². The van der Waals surface area contributed by atoms with Crippen molar-refractivity contribution in [2.24, 2.45) is 0 Å². The molecule has 0 saturated carbocycles. The van der Waals surface area contributed by atoms with Gasteiger partial charge < -0.3 is 10.4 Å². The quantitative estimate of drug-likeness (QED) is 0.695. The number of hydrogen-bond acceptors (Lipinski definition) is 6. The van der Waals surface area contributed by atoms with Crippen molar-refractivity contribution in [3.8, 4) is 0 Å². The van der Waals surface area contributed by atoms with Crippen molar-refractivity contribution in [3.05, 3.63) is 54.3 Å². The first-order valence-electron chi connectivity index (χ1n) is 7.68. The van der Waals surface area contributed by atoms with Crippen LogP contribution in [0.2, 0.25) is 0 Å². The van der Waals surface area contributed by atoms with E-state index in [2.05, 4.69) is 10.0 Å². The van der Waals surface area contributed by atoms with Gasteiger partial charge in [-0.2, -0.15) is 0 Å². The summed E-state index contributed by atoms with van der Waals surface area (Å²) in [4.78, 5) is -0.0691. The van der Waals surface area contributed by atoms with E-state index in [4.69, 9.17) is 0 Å². The molecule has 2 atom stereocenters. The Bertz CT molecular complexity index is 990. The van der Waals surface area contributed by atoms with Crippen LogP contribution in [0.3, 0.4) is 0 Å². The van der Waals surface area contributed by atoms with E-state index >= 15 is 0 Å². The SMILES string of the molecule is O=S1(=O)C[C@H](Nc2ccc(NS(=O)(=O)c3ccc(F)cc3)cc2)[C@@H](O)C1. The molecular formula is C16H17FN2O5S2. The van der Waals surface area contributed by atoms with Crippen LogP contribution in [0, 0.1) is 5.82 Å². The molecule has 7 nitrogen and oxygen atoms in total. The first-order chi connectivity index (χ1) is 12.1. The van der Waals surface area contributed by atoms with Crippen molar-refractivity contribution in [1.82, 2.24) is 0 Å². The van der Waals surface area contributed by atoms with Crippen molar-refractivity contribution in [2.45, 2.75) is 17.0 Å². The van der Waals surface area contributed by atoms with Crippen LogP contribution in [0.5, 0.6) is 0 Å². The summed E-state index contributed by atoms with van der Waals surface area (Å²) < 4.78 is 62.8. The molecule has 1 heterocycles. The monoisotopic (exact) mass is 400 g/mol. The molecule has 3 rings (SSSR count). The molecule has 0 aromatic heterocycles.